The van der Waals surface area contributed by atoms with Gasteiger partial charge in [0.15, 0.2) is 4.96 Å². The number of hydrogen-bond acceptors (Lipinski definition) is 5. The van der Waals surface area contributed by atoms with E-state index in [0.717, 1.165) is 65.3 Å². The van der Waals surface area contributed by atoms with Gasteiger partial charge in [0.05, 0.1) is 15.9 Å². The number of amides is 1. The first-order valence-corrected chi connectivity index (χ1v) is 12.6. The molecule has 0 aliphatic heterocycles. The lowest BCUT2D eigenvalue weighted by atomic mass is 10.0. The predicted octanol–water partition coefficient (Wildman–Crippen LogP) is 4.63. The summed E-state index contributed by atoms with van der Waals surface area (Å²) in [5.74, 6) is -0.0170. The number of carbonyl (C=O) groups is 1. The molecule has 33 heavy (non-hydrogen) atoms. The van der Waals surface area contributed by atoms with Gasteiger partial charge in [0.1, 0.15) is 0 Å². The molecular weight excluding hydrogens is 430 g/mol. The van der Waals surface area contributed by atoms with Gasteiger partial charge in [-0.25, -0.2) is 4.98 Å². The zero-order chi connectivity index (χ0) is 23.0. The molecule has 6 nitrogen and oxygen atoms in total. The van der Waals surface area contributed by atoms with Crippen LogP contribution < -0.4 is 11.1 Å². The Morgan fingerprint density at radius 2 is 1.94 bits per heavy atom. The Labute approximate surface area is 198 Å². The molecule has 0 bridgehead atoms. The van der Waals surface area contributed by atoms with Gasteiger partial charge in [0, 0.05) is 29.4 Å². The molecule has 1 fully saturated rings. The predicted molar refractivity (Wildman–Crippen MR) is 136 cm³/mol. The van der Waals surface area contributed by atoms with Crippen LogP contribution in [-0.4, -0.2) is 46.4 Å². The number of fused-ring (bicyclic) bond motifs is 3. The Bertz CT molecular complexity index is 1280. The molecule has 1 aliphatic rings. The fourth-order valence-corrected chi connectivity index (χ4v) is 5.37. The molecule has 0 radical (unpaired) electrons. The van der Waals surface area contributed by atoms with Crippen molar-refractivity contribution in [2.45, 2.75) is 38.6 Å². The highest BCUT2D eigenvalue weighted by atomic mass is 32.1. The maximum Gasteiger partial charge on any atom is 0.251 e. The highest BCUT2D eigenvalue weighted by Crippen LogP contribution is 2.43. The average Bonchev–Trinajstić information content (AvgIpc) is 3.31. The third-order valence-electron chi connectivity index (χ3n) is 6.73. The number of nitrogens with zero attached hydrogens (tertiary/aromatic N) is 3. The minimum absolute atomic E-state index is 0.0170. The Morgan fingerprint density at radius 3 is 2.64 bits per heavy atom. The lowest BCUT2D eigenvalue weighted by Gasteiger charge is -2.17. The van der Waals surface area contributed by atoms with Crippen molar-refractivity contribution in [2.24, 2.45) is 5.73 Å². The van der Waals surface area contributed by atoms with Crippen molar-refractivity contribution in [1.29, 1.82) is 0 Å². The quantitative estimate of drug-likeness (QED) is 0.357. The fourth-order valence-electron chi connectivity index (χ4n) is 4.32. The van der Waals surface area contributed by atoms with E-state index in [1.54, 1.807) is 11.3 Å². The van der Waals surface area contributed by atoms with Gasteiger partial charge in [-0.05, 0) is 62.7 Å². The second-order valence-electron chi connectivity index (χ2n) is 8.93. The highest BCUT2D eigenvalue weighted by Gasteiger charge is 2.39. The van der Waals surface area contributed by atoms with E-state index in [9.17, 15) is 4.79 Å². The van der Waals surface area contributed by atoms with Gasteiger partial charge in [-0.2, -0.15) is 0 Å². The zero-order valence-corrected chi connectivity index (χ0v) is 20.1. The second kappa shape index (κ2) is 8.89. The van der Waals surface area contributed by atoms with Gasteiger partial charge >= 0.3 is 0 Å². The number of carbonyl (C=O) groups excluding carboxylic acids is 1. The molecule has 4 aromatic rings. The summed E-state index contributed by atoms with van der Waals surface area (Å²) >= 11 is 1.61. The Balaban J connectivity index is 1.29. The average molecular weight is 462 g/mol. The number of thiazole rings is 1. The van der Waals surface area contributed by atoms with Crippen LogP contribution in [0.5, 0.6) is 0 Å². The Kier molecular flexibility index (Phi) is 5.95. The molecule has 0 spiro atoms. The van der Waals surface area contributed by atoms with Gasteiger partial charge in [-0.1, -0.05) is 49.4 Å². The van der Waals surface area contributed by atoms with Crippen LogP contribution in [0.3, 0.4) is 0 Å². The van der Waals surface area contributed by atoms with E-state index in [0.29, 0.717) is 12.1 Å². The molecule has 0 saturated heterocycles. The standard InChI is InChI=1S/C26H31N5OS/c1-3-30(4-2)15-5-14-28-24(32)19-8-11-22-23(16-19)33-25-29-21(17-31(22)25)18-6-9-20(10-7-18)26(27)12-13-26/h6-11,16-17H,3-5,12-15,27H2,1-2H3,(H,28,32). The molecule has 0 unspecified atom stereocenters. The van der Waals surface area contributed by atoms with E-state index in [1.807, 2.05) is 18.2 Å². The number of rotatable bonds is 9. The van der Waals surface area contributed by atoms with E-state index in [-0.39, 0.29) is 11.4 Å². The summed E-state index contributed by atoms with van der Waals surface area (Å²) in [4.78, 5) is 20.8. The van der Waals surface area contributed by atoms with Gasteiger partial charge in [-0.3, -0.25) is 9.20 Å². The molecule has 0 atom stereocenters. The second-order valence-corrected chi connectivity index (χ2v) is 9.94. The summed E-state index contributed by atoms with van der Waals surface area (Å²) in [5, 5.41) is 3.05. The molecule has 1 aliphatic carbocycles. The van der Waals surface area contributed by atoms with Crippen LogP contribution in [0.25, 0.3) is 26.4 Å². The molecule has 7 heteroatoms. The van der Waals surface area contributed by atoms with Gasteiger partial charge in [0.2, 0.25) is 0 Å². The number of nitrogens with two attached hydrogens (primary N) is 1. The molecule has 5 rings (SSSR count). The van der Waals surface area contributed by atoms with Crippen LogP contribution >= 0.6 is 11.3 Å². The molecule has 2 heterocycles. The highest BCUT2D eigenvalue weighted by molar-refractivity contribution is 7.23. The number of hydrogen-bond donors (Lipinski definition) is 2. The van der Waals surface area contributed by atoms with Crippen molar-refractivity contribution in [3.05, 3.63) is 59.8 Å². The zero-order valence-electron chi connectivity index (χ0n) is 19.3. The van der Waals surface area contributed by atoms with Crippen LogP contribution in [0.15, 0.2) is 48.7 Å². The topological polar surface area (TPSA) is 75.7 Å². The van der Waals surface area contributed by atoms with Crippen LogP contribution in [0.1, 0.15) is 49.0 Å². The third-order valence-corrected chi connectivity index (χ3v) is 7.75. The van der Waals surface area contributed by atoms with Crippen LogP contribution in [-0.2, 0) is 5.54 Å². The Morgan fingerprint density at radius 1 is 1.18 bits per heavy atom. The van der Waals surface area contributed by atoms with Crippen molar-refractivity contribution in [1.82, 2.24) is 19.6 Å². The van der Waals surface area contributed by atoms with E-state index in [4.69, 9.17) is 10.7 Å². The SMILES string of the molecule is CCN(CC)CCCNC(=O)c1ccc2c(c1)sc1nc(-c3ccc(C4(N)CC4)cc3)cn12. The van der Waals surface area contributed by atoms with Crippen LogP contribution in [0.2, 0.25) is 0 Å². The van der Waals surface area contributed by atoms with Crippen molar-refractivity contribution >= 4 is 32.4 Å². The summed E-state index contributed by atoms with van der Waals surface area (Å²) in [7, 11) is 0. The molecule has 1 saturated carbocycles. The van der Waals surface area contributed by atoms with E-state index >= 15 is 0 Å². The summed E-state index contributed by atoms with van der Waals surface area (Å²) in [5.41, 5.74) is 11.2. The van der Waals surface area contributed by atoms with Gasteiger partial charge in [-0.15, -0.1) is 0 Å². The van der Waals surface area contributed by atoms with E-state index < -0.39 is 0 Å². The number of aromatic nitrogens is 2. The summed E-state index contributed by atoms with van der Waals surface area (Å²) in [6.45, 7) is 8.11. The Hall–Kier alpha value is -2.74. The van der Waals surface area contributed by atoms with Crippen molar-refractivity contribution < 1.29 is 4.79 Å². The largest absolute Gasteiger partial charge is 0.352 e. The smallest absolute Gasteiger partial charge is 0.251 e. The maximum atomic E-state index is 12.6. The number of benzene rings is 2. The fraction of sp³-hybridized carbons (Fsp3) is 0.385. The molecule has 172 valence electrons. The van der Waals surface area contributed by atoms with E-state index in [1.165, 1.54) is 5.56 Å². The summed E-state index contributed by atoms with van der Waals surface area (Å²) < 4.78 is 3.18. The first kappa shape index (κ1) is 22.1. The normalized spacial score (nSPS) is 14.9. The minimum atomic E-state index is -0.112. The first-order chi connectivity index (χ1) is 16.0. The van der Waals surface area contributed by atoms with E-state index in [2.05, 4.69) is 58.9 Å². The molecule has 2 aromatic heterocycles. The third kappa shape index (κ3) is 4.40. The van der Waals surface area contributed by atoms with Crippen molar-refractivity contribution in [3.63, 3.8) is 0 Å². The molecule has 3 N–H and O–H groups in total. The lowest BCUT2D eigenvalue weighted by molar-refractivity contribution is 0.0952. The van der Waals surface area contributed by atoms with Crippen LogP contribution in [0.4, 0.5) is 0 Å². The first-order valence-electron chi connectivity index (χ1n) is 11.8. The van der Waals surface area contributed by atoms with Gasteiger partial charge in [0.25, 0.3) is 5.91 Å². The van der Waals surface area contributed by atoms with Crippen molar-refractivity contribution in [3.8, 4) is 11.3 Å². The summed E-state index contributed by atoms with van der Waals surface area (Å²) in [6, 6.07) is 14.4. The van der Waals surface area contributed by atoms with Gasteiger partial charge < -0.3 is 16.0 Å². The molecule has 2 aromatic carbocycles. The lowest BCUT2D eigenvalue weighted by Crippen LogP contribution is -2.29. The van der Waals surface area contributed by atoms with Crippen LogP contribution in [0, 0.1) is 0 Å². The maximum absolute atomic E-state index is 12.6. The molecule has 1 amide bonds. The summed E-state index contributed by atoms with van der Waals surface area (Å²) in [6.07, 6.45) is 5.16. The minimum Gasteiger partial charge on any atom is -0.352 e. The monoisotopic (exact) mass is 461 g/mol. The number of imidazole rings is 1. The number of nitrogens with one attached hydrogen (secondary N) is 1. The molecular formula is C26H31N5OS. The van der Waals surface area contributed by atoms with Crippen molar-refractivity contribution in [2.75, 3.05) is 26.2 Å².